The van der Waals surface area contributed by atoms with Gasteiger partial charge in [-0.1, -0.05) is 0 Å². The molecule has 0 atom stereocenters. The first-order valence-electron chi connectivity index (χ1n) is 10.8. The summed E-state index contributed by atoms with van der Waals surface area (Å²) in [5, 5.41) is 9.16. The largest absolute Gasteiger partial charge is 0.462 e. The minimum atomic E-state index is -4.85. The topological polar surface area (TPSA) is 102 Å². The van der Waals surface area contributed by atoms with E-state index in [0.29, 0.717) is 21.6 Å². The Hall–Kier alpha value is -4.15. The van der Waals surface area contributed by atoms with Gasteiger partial charge in [0.25, 0.3) is 5.91 Å². The van der Waals surface area contributed by atoms with Crippen LogP contribution in [0.1, 0.15) is 46.2 Å². The molecule has 3 aromatic rings. The highest BCUT2D eigenvalue weighted by atomic mass is 19.4. The number of hydrogen-bond acceptors (Lipinski definition) is 5. The predicted molar refractivity (Wildman–Crippen MR) is 120 cm³/mol. The Balaban J connectivity index is 1.47. The van der Waals surface area contributed by atoms with Crippen molar-refractivity contribution in [2.45, 2.75) is 25.9 Å². The molecule has 0 saturated heterocycles. The summed E-state index contributed by atoms with van der Waals surface area (Å²) in [4.78, 5) is 36.3. The van der Waals surface area contributed by atoms with Crippen LogP contribution in [0.25, 0.3) is 5.69 Å². The second kappa shape index (κ2) is 9.61. The van der Waals surface area contributed by atoms with E-state index in [4.69, 9.17) is 4.74 Å². The van der Waals surface area contributed by atoms with Crippen LogP contribution < -0.4 is 10.6 Å². The molecule has 11 heteroatoms. The molecule has 1 heterocycles. The quantitative estimate of drug-likeness (QED) is 0.473. The second-order valence-corrected chi connectivity index (χ2v) is 7.88. The average molecular weight is 486 g/mol. The number of halogens is 3. The molecule has 2 aromatic carbocycles. The SMILES string of the molecule is CCOC(=O)c1cnn(-c2ccc(NC(=O)c3ccc(NC(=O)C4CC4)cc3)cc2)c1C(F)(F)F. The van der Waals surface area contributed by atoms with Crippen molar-refractivity contribution in [3.8, 4) is 5.69 Å². The molecule has 1 aromatic heterocycles. The van der Waals surface area contributed by atoms with Gasteiger partial charge in [0.05, 0.1) is 18.5 Å². The number of rotatable bonds is 7. The maximum Gasteiger partial charge on any atom is 0.434 e. The normalized spacial score (nSPS) is 13.3. The fourth-order valence-electron chi connectivity index (χ4n) is 3.36. The number of aromatic nitrogens is 2. The lowest BCUT2D eigenvalue weighted by Gasteiger charge is -2.13. The smallest absolute Gasteiger partial charge is 0.434 e. The minimum Gasteiger partial charge on any atom is -0.462 e. The van der Waals surface area contributed by atoms with Crippen LogP contribution in [0.2, 0.25) is 0 Å². The van der Waals surface area contributed by atoms with E-state index in [2.05, 4.69) is 15.7 Å². The first-order chi connectivity index (χ1) is 16.7. The number of anilines is 2. The number of carbonyl (C=O) groups excluding carboxylic acids is 3. The zero-order valence-corrected chi connectivity index (χ0v) is 18.6. The molecule has 1 aliphatic carbocycles. The van der Waals surface area contributed by atoms with Gasteiger partial charge in [-0.25, -0.2) is 9.48 Å². The number of alkyl halides is 3. The molecule has 1 saturated carbocycles. The summed E-state index contributed by atoms with van der Waals surface area (Å²) < 4.78 is 46.3. The number of hydrogen-bond donors (Lipinski definition) is 2. The van der Waals surface area contributed by atoms with Gasteiger partial charge < -0.3 is 15.4 Å². The third kappa shape index (κ3) is 5.51. The van der Waals surface area contributed by atoms with E-state index < -0.39 is 29.3 Å². The van der Waals surface area contributed by atoms with Gasteiger partial charge in [-0.15, -0.1) is 0 Å². The Morgan fingerprint density at radius 3 is 2.17 bits per heavy atom. The van der Waals surface area contributed by atoms with Crippen molar-refractivity contribution in [2.24, 2.45) is 5.92 Å². The number of ether oxygens (including phenoxy) is 1. The number of nitrogens with one attached hydrogen (secondary N) is 2. The average Bonchev–Trinajstić information content (AvgIpc) is 3.57. The van der Waals surface area contributed by atoms with Crippen molar-refractivity contribution in [3.63, 3.8) is 0 Å². The molecule has 2 amide bonds. The standard InChI is InChI=1S/C24H21F3N4O4/c1-2-35-23(34)19-13-28-31(20(19)24(25,26)27)18-11-9-17(10-12-18)30-22(33)15-5-7-16(8-6-15)29-21(32)14-3-4-14/h5-14H,2-4H2,1H3,(H,29,32)(H,30,33). The third-order valence-electron chi connectivity index (χ3n) is 5.27. The van der Waals surface area contributed by atoms with Crippen molar-refractivity contribution in [2.75, 3.05) is 17.2 Å². The summed E-state index contributed by atoms with van der Waals surface area (Å²) in [6, 6.07) is 11.9. The van der Waals surface area contributed by atoms with Gasteiger partial charge in [0.2, 0.25) is 5.91 Å². The lowest BCUT2D eigenvalue weighted by molar-refractivity contribution is -0.143. The number of nitrogens with zero attached hydrogens (tertiary/aromatic N) is 2. The summed E-state index contributed by atoms with van der Waals surface area (Å²) in [7, 11) is 0. The van der Waals surface area contributed by atoms with Crippen molar-refractivity contribution in [3.05, 3.63) is 71.5 Å². The molecule has 1 aliphatic rings. The van der Waals surface area contributed by atoms with Crippen molar-refractivity contribution < 1.29 is 32.3 Å². The first-order valence-corrected chi connectivity index (χ1v) is 10.8. The lowest BCUT2D eigenvalue weighted by Crippen LogP contribution is -2.18. The molecule has 0 unspecified atom stereocenters. The van der Waals surface area contributed by atoms with Gasteiger partial charge in [0, 0.05) is 22.9 Å². The van der Waals surface area contributed by atoms with E-state index >= 15 is 0 Å². The van der Waals surface area contributed by atoms with Gasteiger partial charge >= 0.3 is 12.1 Å². The Morgan fingerprint density at radius 2 is 1.60 bits per heavy atom. The van der Waals surface area contributed by atoms with Gasteiger partial charge in [0.1, 0.15) is 5.56 Å². The first kappa shape index (κ1) is 24.0. The van der Waals surface area contributed by atoms with Gasteiger partial charge in [-0.05, 0) is 68.3 Å². The zero-order valence-electron chi connectivity index (χ0n) is 18.6. The molecule has 0 spiro atoms. The Morgan fingerprint density at radius 1 is 1.00 bits per heavy atom. The van der Waals surface area contributed by atoms with Crippen LogP contribution in [0.4, 0.5) is 24.5 Å². The maximum atomic E-state index is 13.7. The summed E-state index contributed by atoms with van der Waals surface area (Å²) in [5.74, 6) is -1.53. The lowest BCUT2D eigenvalue weighted by atomic mass is 10.1. The van der Waals surface area contributed by atoms with Crippen molar-refractivity contribution >= 4 is 29.2 Å². The molecular weight excluding hydrogens is 465 g/mol. The molecule has 2 N–H and O–H groups in total. The predicted octanol–water partition coefficient (Wildman–Crippen LogP) is 4.67. The fraction of sp³-hybridized carbons (Fsp3) is 0.250. The molecule has 1 fully saturated rings. The van der Waals surface area contributed by atoms with Crippen LogP contribution in [-0.2, 0) is 15.7 Å². The highest BCUT2D eigenvalue weighted by Crippen LogP contribution is 2.34. The molecule has 0 bridgehead atoms. The second-order valence-electron chi connectivity index (χ2n) is 7.88. The van der Waals surface area contributed by atoms with E-state index in [9.17, 15) is 27.6 Å². The summed E-state index contributed by atoms with van der Waals surface area (Å²) in [5.41, 5.74) is -0.624. The fourth-order valence-corrected chi connectivity index (χ4v) is 3.36. The van der Waals surface area contributed by atoms with E-state index in [1.54, 1.807) is 24.3 Å². The number of esters is 1. The van der Waals surface area contributed by atoms with E-state index in [-0.39, 0.29) is 24.1 Å². The summed E-state index contributed by atoms with van der Waals surface area (Å²) >= 11 is 0. The zero-order chi connectivity index (χ0) is 25.2. The number of benzene rings is 2. The van der Waals surface area contributed by atoms with Crippen molar-refractivity contribution in [1.29, 1.82) is 0 Å². The van der Waals surface area contributed by atoms with Crippen LogP contribution >= 0.6 is 0 Å². The Labute approximate surface area is 198 Å². The molecule has 8 nitrogen and oxygen atoms in total. The molecule has 0 radical (unpaired) electrons. The van der Waals surface area contributed by atoms with E-state index in [0.717, 1.165) is 19.0 Å². The maximum absolute atomic E-state index is 13.7. The molecular formula is C24H21F3N4O4. The Bertz CT molecular complexity index is 1250. The molecule has 0 aliphatic heterocycles. The van der Waals surface area contributed by atoms with Crippen LogP contribution in [-0.4, -0.2) is 34.2 Å². The van der Waals surface area contributed by atoms with Crippen LogP contribution in [0.5, 0.6) is 0 Å². The van der Waals surface area contributed by atoms with Gasteiger partial charge in [-0.3, -0.25) is 9.59 Å². The Kier molecular flexibility index (Phi) is 6.59. The van der Waals surface area contributed by atoms with Crippen LogP contribution in [0.15, 0.2) is 54.7 Å². The summed E-state index contributed by atoms with van der Waals surface area (Å²) in [6.45, 7) is 1.41. The van der Waals surface area contributed by atoms with Crippen LogP contribution in [0.3, 0.4) is 0 Å². The number of carbonyl (C=O) groups is 3. The molecule has 35 heavy (non-hydrogen) atoms. The highest BCUT2D eigenvalue weighted by molar-refractivity contribution is 6.04. The van der Waals surface area contributed by atoms with E-state index in [1.807, 2.05) is 0 Å². The molecule has 4 rings (SSSR count). The van der Waals surface area contributed by atoms with Gasteiger partial charge in [0.15, 0.2) is 5.69 Å². The van der Waals surface area contributed by atoms with Crippen molar-refractivity contribution in [1.82, 2.24) is 9.78 Å². The molecule has 182 valence electrons. The summed E-state index contributed by atoms with van der Waals surface area (Å²) in [6.07, 6.45) is -2.27. The van der Waals surface area contributed by atoms with E-state index in [1.165, 1.54) is 31.2 Å². The van der Waals surface area contributed by atoms with Crippen LogP contribution in [0, 0.1) is 5.92 Å². The third-order valence-corrected chi connectivity index (χ3v) is 5.27. The van der Waals surface area contributed by atoms with Gasteiger partial charge in [-0.2, -0.15) is 18.3 Å². The monoisotopic (exact) mass is 486 g/mol. The number of amides is 2. The minimum absolute atomic E-state index is 0.0393. The highest BCUT2D eigenvalue weighted by Gasteiger charge is 2.41.